The third-order valence-electron chi connectivity index (χ3n) is 4.63. The summed E-state index contributed by atoms with van der Waals surface area (Å²) >= 11 is 0. The van der Waals surface area contributed by atoms with Crippen molar-refractivity contribution in [3.05, 3.63) is 65.2 Å². The van der Waals surface area contributed by atoms with Crippen LogP contribution in [-0.4, -0.2) is 46.0 Å². The Hall–Kier alpha value is -2.22. The van der Waals surface area contributed by atoms with Crippen LogP contribution in [0, 0.1) is 0 Å². The highest BCUT2D eigenvalue weighted by Gasteiger charge is 2.23. The Bertz CT molecular complexity index is 912. The van der Waals surface area contributed by atoms with Crippen molar-refractivity contribution in [2.24, 2.45) is 0 Å². The van der Waals surface area contributed by atoms with Crippen molar-refractivity contribution in [2.75, 3.05) is 26.8 Å². The molecule has 1 aliphatic rings. The molecule has 0 unspecified atom stereocenters. The molecule has 2 aromatic rings. The summed E-state index contributed by atoms with van der Waals surface area (Å²) in [6.45, 7) is 1.94. The van der Waals surface area contributed by atoms with Gasteiger partial charge in [-0.15, -0.1) is 0 Å². The van der Waals surface area contributed by atoms with E-state index in [9.17, 15) is 13.2 Å². The fourth-order valence-electron chi connectivity index (χ4n) is 3.15. The van der Waals surface area contributed by atoms with Crippen molar-refractivity contribution in [1.82, 2.24) is 9.62 Å². The van der Waals surface area contributed by atoms with E-state index in [0.29, 0.717) is 31.7 Å². The predicted octanol–water partition coefficient (Wildman–Crippen LogP) is 2.20. The maximum Gasteiger partial charge on any atom is 0.254 e. The van der Waals surface area contributed by atoms with E-state index in [0.717, 1.165) is 12.0 Å². The molecule has 0 aliphatic carbocycles. The van der Waals surface area contributed by atoms with Gasteiger partial charge in [0.1, 0.15) is 0 Å². The molecule has 7 heteroatoms. The van der Waals surface area contributed by atoms with Crippen molar-refractivity contribution in [3.8, 4) is 0 Å². The smallest absolute Gasteiger partial charge is 0.254 e. The van der Waals surface area contributed by atoms with Gasteiger partial charge in [-0.1, -0.05) is 30.3 Å². The summed E-state index contributed by atoms with van der Waals surface area (Å²) in [5.41, 5.74) is 2.79. The van der Waals surface area contributed by atoms with Crippen LogP contribution in [0.1, 0.15) is 27.9 Å². The van der Waals surface area contributed by atoms with Gasteiger partial charge in [-0.25, -0.2) is 13.1 Å². The molecule has 0 spiro atoms. The number of sulfonamides is 1. The number of nitrogens with zero attached hydrogens (tertiary/aromatic N) is 1. The van der Waals surface area contributed by atoms with Crippen LogP contribution in [0.25, 0.3) is 0 Å². The molecule has 1 amide bonds. The molecular weight excluding hydrogens is 364 g/mol. The van der Waals surface area contributed by atoms with E-state index in [1.54, 1.807) is 24.1 Å². The van der Waals surface area contributed by atoms with Crippen LogP contribution in [0.5, 0.6) is 0 Å². The van der Waals surface area contributed by atoms with Crippen molar-refractivity contribution in [3.63, 3.8) is 0 Å². The summed E-state index contributed by atoms with van der Waals surface area (Å²) < 4.78 is 32.3. The molecule has 3 rings (SSSR count). The standard InChI is InChI=1S/C20H24N2O4S/c1-26-13-5-11-21-27(24,25)19-9-4-8-17(14-19)20(23)22-12-10-16-6-2-3-7-18(16)15-22/h2-4,6-9,14,21H,5,10-13,15H2,1H3. The molecule has 1 heterocycles. The minimum absolute atomic E-state index is 0.100. The summed E-state index contributed by atoms with van der Waals surface area (Å²) in [4.78, 5) is 14.7. The van der Waals surface area contributed by atoms with E-state index in [4.69, 9.17) is 4.74 Å². The van der Waals surface area contributed by atoms with Crippen molar-refractivity contribution >= 4 is 15.9 Å². The van der Waals surface area contributed by atoms with E-state index in [-0.39, 0.29) is 17.3 Å². The number of hydrogen-bond acceptors (Lipinski definition) is 4. The maximum absolute atomic E-state index is 12.9. The first-order valence-electron chi connectivity index (χ1n) is 8.96. The summed E-state index contributed by atoms with van der Waals surface area (Å²) in [7, 11) is -2.08. The second-order valence-electron chi connectivity index (χ2n) is 6.52. The molecule has 2 aromatic carbocycles. The molecule has 0 aromatic heterocycles. The van der Waals surface area contributed by atoms with Gasteiger partial charge in [0.2, 0.25) is 10.0 Å². The third-order valence-corrected chi connectivity index (χ3v) is 6.09. The molecule has 27 heavy (non-hydrogen) atoms. The number of benzene rings is 2. The van der Waals surface area contributed by atoms with Crippen LogP contribution < -0.4 is 4.72 Å². The monoisotopic (exact) mass is 388 g/mol. The second kappa shape index (κ2) is 8.65. The van der Waals surface area contributed by atoms with Crippen molar-refractivity contribution < 1.29 is 17.9 Å². The number of carbonyl (C=O) groups excluding carboxylic acids is 1. The highest BCUT2D eigenvalue weighted by Crippen LogP contribution is 2.21. The summed E-state index contributed by atoms with van der Waals surface area (Å²) in [5, 5.41) is 0. The molecule has 6 nitrogen and oxygen atoms in total. The number of fused-ring (bicyclic) bond motifs is 1. The van der Waals surface area contributed by atoms with E-state index in [2.05, 4.69) is 10.8 Å². The molecule has 144 valence electrons. The Kier molecular flexibility index (Phi) is 6.26. The summed E-state index contributed by atoms with van der Waals surface area (Å²) in [6, 6.07) is 14.3. The maximum atomic E-state index is 12.9. The molecule has 0 radical (unpaired) electrons. The number of amides is 1. The van der Waals surface area contributed by atoms with E-state index in [1.165, 1.54) is 17.7 Å². The molecule has 0 bridgehead atoms. The van der Waals surface area contributed by atoms with Gasteiger partial charge in [-0.3, -0.25) is 4.79 Å². The average molecular weight is 388 g/mol. The Balaban J connectivity index is 1.73. The topological polar surface area (TPSA) is 75.7 Å². The molecule has 0 atom stereocenters. The third kappa shape index (κ3) is 4.74. The highest BCUT2D eigenvalue weighted by atomic mass is 32.2. The predicted molar refractivity (Wildman–Crippen MR) is 103 cm³/mol. The van der Waals surface area contributed by atoms with Gasteiger partial charge in [-0.2, -0.15) is 0 Å². The Labute approximate surface area is 160 Å². The lowest BCUT2D eigenvalue weighted by Crippen LogP contribution is -2.36. The molecule has 0 fully saturated rings. The lowest BCUT2D eigenvalue weighted by molar-refractivity contribution is 0.0734. The van der Waals surface area contributed by atoms with Crippen LogP contribution in [0.2, 0.25) is 0 Å². The molecular formula is C20H24N2O4S. The van der Waals surface area contributed by atoms with Gasteiger partial charge in [0, 0.05) is 38.9 Å². The Morgan fingerprint density at radius 2 is 1.93 bits per heavy atom. The van der Waals surface area contributed by atoms with Crippen LogP contribution in [0.4, 0.5) is 0 Å². The number of methoxy groups -OCH3 is 1. The normalized spacial score (nSPS) is 14.0. The first-order chi connectivity index (χ1) is 13.0. The van der Waals surface area contributed by atoms with Crippen molar-refractivity contribution in [2.45, 2.75) is 24.3 Å². The number of nitrogens with one attached hydrogen (secondary N) is 1. The fourth-order valence-corrected chi connectivity index (χ4v) is 4.27. The zero-order valence-electron chi connectivity index (χ0n) is 15.3. The summed E-state index contributed by atoms with van der Waals surface area (Å²) in [5.74, 6) is -0.152. The molecule has 0 saturated carbocycles. The number of hydrogen-bond donors (Lipinski definition) is 1. The first-order valence-corrected chi connectivity index (χ1v) is 10.4. The minimum atomic E-state index is -3.65. The van der Waals surface area contributed by atoms with E-state index < -0.39 is 10.0 Å². The SMILES string of the molecule is COCCCNS(=O)(=O)c1cccc(C(=O)N2CCc3ccccc3C2)c1. The molecule has 0 saturated heterocycles. The van der Waals surface area contributed by atoms with Gasteiger partial charge < -0.3 is 9.64 Å². The Morgan fingerprint density at radius 1 is 1.15 bits per heavy atom. The van der Waals surface area contributed by atoms with Crippen LogP contribution in [-0.2, 0) is 27.7 Å². The van der Waals surface area contributed by atoms with Gasteiger partial charge in [0.15, 0.2) is 0 Å². The fraction of sp³-hybridized carbons (Fsp3) is 0.350. The number of ether oxygens (including phenoxy) is 1. The minimum Gasteiger partial charge on any atom is -0.385 e. The average Bonchev–Trinajstić information content (AvgIpc) is 2.70. The highest BCUT2D eigenvalue weighted by molar-refractivity contribution is 7.89. The Morgan fingerprint density at radius 3 is 2.70 bits per heavy atom. The lowest BCUT2D eigenvalue weighted by atomic mass is 9.99. The zero-order valence-corrected chi connectivity index (χ0v) is 16.2. The quantitative estimate of drug-likeness (QED) is 0.738. The van der Waals surface area contributed by atoms with E-state index >= 15 is 0 Å². The van der Waals surface area contributed by atoms with Crippen LogP contribution in [0.15, 0.2) is 53.4 Å². The summed E-state index contributed by atoms with van der Waals surface area (Å²) in [6.07, 6.45) is 1.39. The lowest BCUT2D eigenvalue weighted by Gasteiger charge is -2.29. The van der Waals surface area contributed by atoms with Crippen LogP contribution >= 0.6 is 0 Å². The molecule has 1 N–H and O–H groups in total. The number of rotatable bonds is 7. The van der Waals surface area contributed by atoms with Gasteiger partial charge in [0.05, 0.1) is 4.90 Å². The first kappa shape index (κ1) is 19.5. The van der Waals surface area contributed by atoms with Gasteiger partial charge in [0.25, 0.3) is 5.91 Å². The molecule has 1 aliphatic heterocycles. The van der Waals surface area contributed by atoms with Gasteiger partial charge in [-0.05, 0) is 42.2 Å². The van der Waals surface area contributed by atoms with Crippen LogP contribution in [0.3, 0.4) is 0 Å². The van der Waals surface area contributed by atoms with E-state index in [1.807, 2.05) is 18.2 Å². The number of carbonyl (C=O) groups is 1. The second-order valence-corrected chi connectivity index (χ2v) is 8.28. The zero-order chi connectivity index (χ0) is 19.3. The largest absolute Gasteiger partial charge is 0.385 e. The van der Waals surface area contributed by atoms with Crippen molar-refractivity contribution in [1.29, 1.82) is 0 Å². The van der Waals surface area contributed by atoms with Gasteiger partial charge >= 0.3 is 0 Å².